The van der Waals surface area contributed by atoms with Crippen molar-refractivity contribution in [1.82, 2.24) is 0 Å². The van der Waals surface area contributed by atoms with Crippen LogP contribution in [0.25, 0.3) is 0 Å². The van der Waals surface area contributed by atoms with Gasteiger partial charge in [-0.25, -0.2) is 0 Å². The highest BCUT2D eigenvalue weighted by molar-refractivity contribution is 7.88. The van der Waals surface area contributed by atoms with Crippen molar-refractivity contribution in [1.29, 1.82) is 0 Å². The van der Waals surface area contributed by atoms with E-state index in [1.165, 1.54) is 24.3 Å². The second kappa shape index (κ2) is 7.97. The predicted molar refractivity (Wildman–Crippen MR) is 88.4 cm³/mol. The van der Waals surface area contributed by atoms with Crippen LogP contribution in [0, 0.1) is 0 Å². The fraction of sp³-hybridized carbons (Fsp3) is 0.250. The van der Waals surface area contributed by atoms with Gasteiger partial charge in [0.2, 0.25) is 0 Å². The number of rotatable bonds is 7. The molecule has 0 saturated carbocycles. The lowest BCUT2D eigenvalue weighted by Crippen LogP contribution is -2.63. The lowest BCUT2D eigenvalue weighted by atomic mass is 10.1. The van der Waals surface area contributed by atoms with Crippen LogP contribution < -0.4 is 8.92 Å². The molecule has 2 rings (SSSR count). The highest BCUT2D eigenvalue weighted by Gasteiger charge is 2.86. The van der Waals surface area contributed by atoms with Gasteiger partial charge in [0.05, 0.1) is 0 Å². The molecule has 0 aliphatic carbocycles. The van der Waals surface area contributed by atoms with Gasteiger partial charge < -0.3 is 8.92 Å². The molecule has 0 atom stereocenters. The Bertz CT molecular complexity index is 1020. The van der Waals surface area contributed by atoms with Crippen LogP contribution in [0.15, 0.2) is 48.5 Å². The molecule has 0 bridgehead atoms. The van der Waals surface area contributed by atoms with E-state index >= 15 is 0 Å². The zero-order chi connectivity index (χ0) is 23.9. The first kappa shape index (κ1) is 24.9. The van der Waals surface area contributed by atoms with Crippen LogP contribution in [-0.2, 0) is 10.1 Å². The fourth-order valence-corrected chi connectivity index (χ4v) is 2.94. The minimum absolute atomic E-state index is 0.0345. The number of halogens is 10. The van der Waals surface area contributed by atoms with Crippen LogP contribution >= 0.6 is 11.6 Å². The Kier molecular flexibility index (Phi) is 6.40. The Balaban J connectivity index is 2.25. The molecule has 0 amide bonds. The second-order valence-electron chi connectivity index (χ2n) is 5.73. The van der Waals surface area contributed by atoms with Crippen molar-refractivity contribution in [2.75, 3.05) is 0 Å². The topological polar surface area (TPSA) is 52.6 Å². The molecular formula is C16H8ClF9O4S. The maximum absolute atomic E-state index is 13.6. The van der Waals surface area contributed by atoms with Gasteiger partial charge in [0.15, 0.2) is 0 Å². The molecule has 0 fully saturated rings. The largest absolute Gasteiger partial charge is 0.460 e. The third-order valence-electron chi connectivity index (χ3n) is 3.51. The molecule has 0 aliphatic heterocycles. The molecule has 0 saturated heterocycles. The van der Waals surface area contributed by atoms with Crippen molar-refractivity contribution in [2.45, 2.75) is 23.3 Å². The standard InChI is InChI=1S/C16H8ClF9O4S/c17-9-1-3-10(4-2-9)29-11-5-7-12(8-6-11)30-31(27,28)16(25,26)14(20,21)13(18,19)15(22,23)24/h1-8H. The van der Waals surface area contributed by atoms with Crippen molar-refractivity contribution < 1.29 is 56.9 Å². The molecule has 0 N–H and O–H groups in total. The monoisotopic (exact) mass is 502 g/mol. The maximum atomic E-state index is 13.6. The first-order valence-electron chi connectivity index (χ1n) is 7.60. The molecule has 4 nitrogen and oxygen atoms in total. The fourth-order valence-electron chi connectivity index (χ4n) is 1.90. The van der Waals surface area contributed by atoms with Crippen LogP contribution in [0.2, 0.25) is 5.02 Å². The zero-order valence-electron chi connectivity index (χ0n) is 14.4. The Morgan fingerprint density at radius 2 is 1.03 bits per heavy atom. The average Bonchev–Trinajstić information content (AvgIpc) is 2.63. The third-order valence-corrected chi connectivity index (χ3v) is 5.06. The summed E-state index contributed by atoms with van der Waals surface area (Å²) >= 11 is 5.67. The Morgan fingerprint density at radius 3 is 1.45 bits per heavy atom. The SMILES string of the molecule is O=S(=O)(Oc1ccc(Oc2ccc(Cl)cc2)cc1)C(F)(F)C(F)(F)C(F)(F)C(F)(F)F. The van der Waals surface area contributed by atoms with E-state index in [0.717, 1.165) is 12.1 Å². The number of hydrogen-bond donors (Lipinski definition) is 0. The maximum Gasteiger partial charge on any atom is 0.460 e. The molecule has 31 heavy (non-hydrogen) atoms. The lowest BCUT2D eigenvalue weighted by Gasteiger charge is -2.32. The molecule has 0 heterocycles. The Hall–Kier alpha value is -2.35. The van der Waals surface area contributed by atoms with Crippen LogP contribution in [-0.4, -0.2) is 31.7 Å². The summed E-state index contributed by atoms with van der Waals surface area (Å²) in [5.41, 5.74) is 0. The van der Waals surface area contributed by atoms with Crippen molar-refractivity contribution >= 4 is 21.7 Å². The molecule has 2 aromatic rings. The van der Waals surface area contributed by atoms with Gasteiger partial charge in [0.25, 0.3) is 0 Å². The molecule has 0 aliphatic rings. The zero-order valence-corrected chi connectivity index (χ0v) is 16.0. The molecule has 0 unspecified atom stereocenters. The van der Waals surface area contributed by atoms with Crippen molar-refractivity contribution in [3.8, 4) is 17.2 Å². The van der Waals surface area contributed by atoms with Gasteiger partial charge in [-0.3, -0.25) is 0 Å². The van der Waals surface area contributed by atoms with Crippen molar-refractivity contribution in [2.24, 2.45) is 0 Å². The summed E-state index contributed by atoms with van der Waals surface area (Å²) in [6.45, 7) is 0. The normalized spacial score (nSPS) is 13.7. The summed E-state index contributed by atoms with van der Waals surface area (Å²) in [5, 5.41) is -6.58. The summed E-state index contributed by atoms with van der Waals surface area (Å²) < 4.78 is 148. The summed E-state index contributed by atoms with van der Waals surface area (Å²) in [7, 11) is -7.01. The summed E-state index contributed by atoms with van der Waals surface area (Å²) in [6.07, 6.45) is -7.17. The van der Waals surface area contributed by atoms with Crippen LogP contribution in [0.1, 0.15) is 0 Å². The van der Waals surface area contributed by atoms with E-state index < -0.39 is 39.1 Å². The third kappa shape index (κ3) is 4.63. The number of alkyl halides is 9. The van der Waals surface area contributed by atoms with E-state index in [9.17, 15) is 47.9 Å². The van der Waals surface area contributed by atoms with Crippen molar-refractivity contribution in [3.63, 3.8) is 0 Å². The van der Waals surface area contributed by atoms with Crippen LogP contribution in [0.4, 0.5) is 39.5 Å². The molecule has 0 radical (unpaired) electrons. The number of ether oxygens (including phenoxy) is 1. The van der Waals surface area contributed by atoms with Gasteiger partial charge in [-0.2, -0.15) is 47.9 Å². The van der Waals surface area contributed by atoms with E-state index in [1.54, 1.807) is 0 Å². The molecule has 15 heteroatoms. The van der Waals surface area contributed by atoms with E-state index in [-0.39, 0.29) is 11.5 Å². The van der Waals surface area contributed by atoms with E-state index in [1.807, 2.05) is 0 Å². The van der Waals surface area contributed by atoms with Gasteiger partial charge in [-0.15, -0.1) is 0 Å². The molecular weight excluding hydrogens is 495 g/mol. The Morgan fingerprint density at radius 1 is 0.645 bits per heavy atom. The van der Waals surface area contributed by atoms with E-state index in [4.69, 9.17) is 16.3 Å². The van der Waals surface area contributed by atoms with Gasteiger partial charge >= 0.3 is 33.4 Å². The van der Waals surface area contributed by atoms with E-state index in [2.05, 4.69) is 4.18 Å². The summed E-state index contributed by atoms with van der Waals surface area (Å²) in [6, 6.07) is 8.78. The molecule has 0 spiro atoms. The minimum Gasteiger partial charge on any atom is -0.457 e. The first-order valence-corrected chi connectivity index (χ1v) is 9.39. The highest BCUT2D eigenvalue weighted by Crippen LogP contribution is 2.55. The number of hydrogen-bond acceptors (Lipinski definition) is 4. The summed E-state index contributed by atoms with van der Waals surface area (Å²) in [5.74, 6) is -15.7. The first-order chi connectivity index (χ1) is 13.9. The van der Waals surface area contributed by atoms with E-state index in [0.29, 0.717) is 17.2 Å². The molecule has 2 aromatic carbocycles. The molecule has 172 valence electrons. The van der Waals surface area contributed by atoms with Gasteiger partial charge in [0.1, 0.15) is 17.2 Å². The molecule has 0 aromatic heterocycles. The quantitative estimate of drug-likeness (QED) is 0.331. The average molecular weight is 503 g/mol. The highest BCUT2D eigenvalue weighted by atomic mass is 35.5. The van der Waals surface area contributed by atoms with Crippen LogP contribution in [0.5, 0.6) is 17.2 Å². The predicted octanol–water partition coefficient (Wildman–Crippen LogP) is 6.27. The minimum atomic E-state index is -7.38. The number of benzene rings is 2. The van der Waals surface area contributed by atoms with Gasteiger partial charge in [-0.05, 0) is 48.5 Å². The summed E-state index contributed by atoms with van der Waals surface area (Å²) in [4.78, 5) is 0. The van der Waals surface area contributed by atoms with Crippen LogP contribution in [0.3, 0.4) is 0 Å². The van der Waals surface area contributed by atoms with Gasteiger partial charge in [0, 0.05) is 5.02 Å². The van der Waals surface area contributed by atoms with Crippen molar-refractivity contribution in [3.05, 3.63) is 53.6 Å². The smallest absolute Gasteiger partial charge is 0.457 e. The van der Waals surface area contributed by atoms with Gasteiger partial charge in [-0.1, -0.05) is 11.6 Å². The Labute approximate surface area is 173 Å². The second-order valence-corrected chi connectivity index (χ2v) is 7.75. The lowest BCUT2D eigenvalue weighted by molar-refractivity contribution is -0.382.